The Bertz CT molecular complexity index is 355. The summed E-state index contributed by atoms with van der Waals surface area (Å²) in [5.74, 6) is 0.396. The van der Waals surface area contributed by atoms with E-state index in [2.05, 4.69) is 28.7 Å². The zero-order valence-electron chi connectivity index (χ0n) is 9.68. The molecule has 0 radical (unpaired) electrons. The molecule has 17 heavy (non-hydrogen) atoms. The summed E-state index contributed by atoms with van der Waals surface area (Å²) in [7, 11) is 0. The molecule has 1 saturated carbocycles. The highest BCUT2D eigenvalue weighted by Gasteiger charge is 2.28. The molecule has 1 aliphatic carbocycles. The van der Waals surface area contributed by atoms with Crippen LogP contribution in [-0.4, -0.2) is 11.2 Å². The van der Waals surface area contributed by atoms with E-state index in [4.69, 9.17) is 5.73 Å². The van der Waals surface area contributed by atoms with Gasteiger partial charge in [0, 0.05) is 3.57 Å². The smallest absolute Gasteiger partial charge is 0.0760 e. The first-order chi connectivity index (χ1) is 7.68. The third kappa shape index (κ3) is 3.81. The average molecular weight is 368 g/mol. The van der Waals surface area contributed by atoms with Crippen LogP contribution in [0.5, 0.6) is 0 Å². The number of nitrogens with two attached hydrogens (primary N) is 1. The molecule has 1 fully saturated rings. The van der Waals surface area contributed by atoms with Crippen molar-refractivity contribution in [2.24, 2.45) is 11.7 Å². The second-order valence-corrected chi connectivity index (χ2v) is 5.86. The van der Waals surface area contributed by atoms with Crippen LogP contribution in [0.3, 0.4) is 0 Å². The van der Waals surface area contributed by atoms with Gasteiger partial charge in [-0.1, -0.05) is 25.0 Å². The summed E-state index contributed by atoms with van der Waals surface area (Å²) in [6, 6.07) is 7.86. The molecule has 2 atom stereocenters. The third-order valence-electron chi connectivity index (χ3n) is 3.48. The zero-order chi connectivity index (χ0) is 11.5. The molecule has 0 unspecified atom stereocenters. The predicted molar refractivity (Wildman–Crippen MR) is 81.3 cm³/mol. The van der Waals surface area contributed by atoms with Gasteiger partial charge < -0.3 is 10.8 Å². The molecule has 1 aromatic rings. The maximum atomic E-state index is 10.2. The van der Waals surface area contributed by atoms with Crippen molar-refractivity contribution in [3.63, 3.8) is 0 Å². The fourth-order valence-electron chi connectivity index (χ4n) is 2.50. The average Bonchev–Trinajstić information content (AvgIpc) is 2.80. The molecule has 3 N–H and O–H groups in total. The topological polar surface area (TPSA) is 46.2 Å². The highest BCUT2D eigenvalue weighted by Crippen LogP contribution is 2.32. The van der Waals surface area contributed by atoms with Crippen molar-refractivity contribution >= 4 is 35.0 Å². The maximum Gasteiger partial charge on any atom is 0.0760 e. The summed E-state index contributed by atoms with van der Waals surface area (Å²) in [5.41, 5.74) is 7.18. The molecule has 0 saturated heterocycles. The van der Waals surface area contributed by atoms with Crippen LogP contribution in [0.15, 0.2) is 24.3 Å². The lowest BCUT2D eigenvalue weighted by atomic mass is 9.91. The number of hydrogen-bond acceptors (Lipinski definition) is 2. The van der Waals surface area contributed by atoms with E-state index in [0.717, 1.165) is 18.4 Å². The Kier molecular flexibility index (Phi) is 6.20. The van der Waals surface area contributed by atoms with Gasteiger partial charge in [0.15, 0.2) is 0 Å². The van der Waals surface area contributed by atoms with Crippen molar-refractivity contribution in [1.29, 1.82) is 0 Å². The van der Waals surface area contributed by atoms with E-state index in [1.807, 2.05) is 18.2 Å². The molecule has 4 heteroatoms. The fourth-order valence-corrected chi connectivity index (χ4v) is 3.07. The van der Waals surface area contributed by atoms with Gasteiger partial charge in [0.2, 0.25) is 0 Å². The van der Waals surface area contributed by atoms with E-state index in [-0.39, 0.29) is 24.6 Å². The predicted octanol–water partition coefficient (Wildman–Crippen LogP) is 3.26. The van der Waals surface area contributed by atoms with E-state index in [9.17, 15) is 5.11 Å². The minimum absolute atomic E-state index is 0. The molecule has 1 aromatic carbocycles. The number of aliphatic hydroxyl groups is 1. The fraction of sp³-hybridized carbons (Fsp3) is 0.538. The van der Waals surface area contributed by atoms with Gasteiger partial charge in [-0.05, 0) is 59.0 Å². The molecule has 0 heterocycles. The van der Waals surface area contributed by atoms with Crippen molar-refractivity contribution in [2.45, 2.75) is 37.8 Å². The van der Waals surface area contributed by atoms with Crippen LogP contribution in [0.25, 0.3) is 0 Å². The number of hydrogen-bond donors (Lipinski definition) is 2. The third-order valence-corrected chi connectivity index (χ3v) is 4.16. The molecule has 0 bridgehead atoms. The Morgan fingerprint density at radius 3 is 2.53 bits per heavy atom. The summed E-state index contributed by atoms with van der Waals surface area (Å²) in [6.45, 7) is 0. The van der Waals surface area contributed by atoms with E-state index in [0.29, 0.717) is 5.92 Å². The maximum absolute atomic E-state index is 10.2. The van der Waals surface area contributed by atoms with Gasteiger partial charge in [0.25, 0.3) is 0 Å². The molecule has 0 aliphatic heterocycles. The zero-order valence-corrected chi connectivity index (χ0v) is 12.7. The van der Waals surface area contributed by atoms with Crippen molar-refractivity contribution in [3.8, 4) is 0 Å². The number of rotatable bonds is 3. The van der Waals surface area contributed by atoms with Crippen LogP contribution < -0.4 is 5.73 Å². The van der Waals surface area contributed by atoms with Gasteiger partial charge in [0.1, 0.15) is 0 Å². The Labute approximate surface area is 123 Å². The van der Waals surface area contributed by atoms with E-state index in [1.54, 1.807) is 0 Å². The second-order valence-electron chi connectivity index (χ2n) is 4.62. The van der Waals surface area contributed by atoms with Crippen LogP contribution in [0.2, 0.25) is 0 Å². The van der Waals surface area contributed by atoms with Crippen molar-refractivity contribution < 1.29 is 5.11 Å². The van der Waals surface area contributed by atoms with Crippen molar-refractivity contribution in [1.82, 2.24) is 0 Å². The van der Waals surface area contributed by atoms with Gasteiger partial charge in [-0.3, -0.25) is 0 Å². The lowest BCUT2D eigenvalue weighted by molar-refractivity contribution is 0.0845. The lowest BCUT2D eigenvalue weighted by Crippen LogP contribution is -2.31. The quantitative estimate of drug-likeness (QED) is 0.806. The Morgan fingerprint density at radius 2 is 1.94 bits per heavy atom. The van der Waals surface area contributed by atoms with E-state index >= 15 is 0 Å². The van der Waals surface area contributed by atoms with Gasteiger partial charge in [-0.15, -0.1) is 12.4 Å². The number of aliphatic hydroxyl groups excluding tert-OH is 1. The van der Waals surface area contributed by atoms with E-state index < -0.39 is 0 Å². The molecule has 0 amide bonds. The summed E-state index contributed by atoms with van der Waals surface area (Å²) >= 11 is 2.27. The molecule has 0 spiro atoms. The molecule has 0 aromatic heterocycles. The first-order valence-corrected chi connectivity index (χ1v) is 6.95. The molecular formula is C13H19ClINO. The van der Waals surface area contributed by atoms with Crippen LogP contribution in [0.4, 0.5) is 0 Å². The van der Waals surface area contributed by atoms with Crippen LogP contribution >= 0.6 is 35.0 Å². The minimum atomic E-state index is -0.388. The number of benzene rings is 1. The molecule has 2 rings (SSSR count). The second kappa shape index (κ2) is 6.92. The Morgan fingerprint density at radius 1 is 1.29 bits per heavy atom. The molecule has 1 aliphatic rings. The highest BCUT2D eigenvalue weighted by molar-refractivity contribution is 14.1. The molecule has 96 valence electrons. The SMILES string of the molecule is Cl.N[C@H](c1cccc(I)c1)[C@@H](O)C1CCCC1. The summed E-state index contributed by atoms with van der Waals surface area (Å²) in [5, 5.41) is 10.2. The standard InChI is InChI=1S/C13H18INO.ClH/c14-11-7-3-6-10(8-11)12(15)13(16)9-4-1-2-5-9;/h3,6-9,12-13,16H,1-2,4-5,15H2;1H/t12-,13+;/m1./s1. The largest absolute Gasteiger partial charge is 0.391 e. The lowest BCUT2D eigenvalue weighted by Gasteiger charge is -2.24. The van der Waals surface area contributed by atoms with Crippen LogP contribution in [0, 0.1) is 9.49 Å². The number of halogens is 2. The normalized spacial score (nSPS) is 19.7. The van der Waals surface area contributed by atoms with Crippen LogP contribution in [0.1, 0.15) is 37.3 Å². The first kappa shape index (κ1) is 15.2. The van der Waals surface area contributed by atoms with Crippen molar-refractivity contribution in [2.75, 3.05) is 0 Å². The minimum Gasteiger partial charge on any atom is -0.391 e. The van der Waals surface area contributed by atoms with Gasteiger partial charge in [0.05, 0.1) is 12.1 Å². The molecular weight excluding hydrogens is 349 g/mol. The van der Waals surface area contributed by atoms with Gasteiger partial charge in [-0.25, -0.2) is 0 Å². The highest BCUT2D eigenvalue weighted by atomic mass is 127. The van der Waals surface area contributed by atoms with Gasteiger partial charge >= 0.3 is 0 Å². The Balaban J connectivity index is 0.00000144. The Hall–Kier alpha value is 0.160. The molecule has 2 nitrogen and oxygen atoms in total. The summed E-state index contributed by atoms with van der Waals surface area (Å²) < 4.78 is 1.17. The van der Waals surface area contributed by atoms with Gasteiger partial charge in [-0.2, -0.15) is 0 Å². The summed E-state index contributed by atoms with van der Waals surface area (Å²) in [6.07, 6.45) is 4.33. The first-order valence-electron chi connectivity index (χ1n) is 5.87. The van der Waals surface area contributed by atoms with E-state index in [1.165, 1.54) is 16.4 Å². The van der Waals surface area contributed by atoms with Crippen LogP contribution in [-0.2, 0) is 0 Å². The van der Waals surface area contributed by atoms with Crippen molar-refractivity contribution in [3.05, 3.63) is 33.4 Å². The monoisotopic (exact) mass is 367 g/mol. The summed E-state index contributed by atoms with van der Waals surface area (Å²) in [4.78, 5) is 0.